The zero-order valence-corrected chi connectivity index (χ0v) is 18.7. The molecule has 5 unspecified atom stereocenters. The van der Waals surface area contributed by atoms with Crippen LogP contribution in [0.25, 0.3) is 0 Å². The van der Waals surface area contributed by atoms with Crippen molar-refractivity contribution < 1.29 is 4.74 Å². The SMILES string of the molecule is CCSC1CCCC(NC(=NC)NC2C3CCOC3C2(C)C)C1.I. The third kappa shape index (κ3) is 4.17. The number of thioether (sulfide) groups is 1. The maximum absolute atomic E-state index is 5.90. The highest BCUT2D eigenvalue weighted by Crippen LogP contribution is 2.52. The molecular formula is C18H34IN3OS. The quantitative estimate of drug-likeness (QED) is 0.377. The number of hydrogen-bond donors (Lipinski definition) is 2. The predicted molar refractivity (Wildman–Crippen MR) is 115 cm³/mol. The molecule has 1 heterocycles. The summed E-state index contributed by atoms with van der Waals surface area (Å²) in [7, 11) is 1.89. The second-order valence-electron chi connectivity index (χ2n) is 7.84. The number of fused-ring (bicyclic) bond motifs is 1. The summed E-state index contributed by atoms with van der Waals surface area (Å²) in [5.41, 5.74) is 0.200. The number of halogens is 1. The van der Waals surface area contributed by atoms with E-state index in [1.54, 1.807) is 0 Å². The molecule has 0 aromatic rings. The van der Waals surface area contributed by atoms with Crippen molar-refractivity contribution in [2.45, 2.75) is 76.3 Å². The Bertz CT molecular complexity index is 444. The Labute approximate surface area is 168 Å². The number of guanidine groups is 1. The van der Waals surface area contributed by atoms with Crippen molar-refractivity contribution in [3.05, 3.63) is 0 Å². The number of nitrogens with one attached hydrogen (secondary N) is 2. The predicted octanol–water partition coefficient (Wildman–Crippen LogP) is 3.65. The van der Waals surface area contributed by atoms with Gasteiger partial charge in [0.1, 0.15) is 0 Å². The van der Waals surface area contributed by atoms with Crippen LogP contribution in [0.3, 0.4) is 0 Å². The minimum absolute atomic E-state index is 0. The topological polar surface area (TPSA) is 45.7 Å². The van der Waals surface area contributed by atoms with Gasteiger partial charge >= 0.3 is 0 Å². The van der Waals surface area contributed by atoms with Crippen molar-refractivity contribution in [3.63, 3.8) is 0 Å². The minimum atomic E-state index is 0. The Balaban J connectivity index is 0.00000208. The van der Waals surface area contributed by atoms with Crippen LogP contribution in [0.2, 0.25) is 0 Å². The molecule has 2 aliphatic carbocycles. The van der Waals surface area contributed by atoms with Crippen molar-refractivity contribution in [3.8, 4) is 0 Å². The first-order chi connectivity index (χ1) is 11.1. The average molecular weight is 467 g/mol. The van der Waals surface area contributed by atoms with Gasteiger partial charge in [0.05, 0.1) is 6.10 Å². The van der Waals surface area contributed by atoms with E-state index in [0.717, 1.165) is 17.8 Å². The van der Waals surface area contributed by atoms with Gasteiger partial charge in [0.2, 0.25) is 0 Å². The lowest BCUT2D eigenvalue weighted by atomic mass is 9.57. The van der Waals surface area contributed by atoms with E-state index in [1.807, 2.05) is 7.05 Å². The molecule has 0 amide bonds. The lowest BCUT2D eigenvalue weighted by molar-refractivity contribution is -0.106. The van der Waals surface area contributed by atoms with Crippen LogP contribution in [0, 0.1) is 11.3 Å². The van der Waals surface area contributed by atoms with Crippen LogP contribution >= 0.6 is 35.7 Å². The summed E-state index contributed by atoms with van der Waals surface area (Å²) >= 11 is 2.12. The second-order valence-corrected chi connectivity index (χ2v) is 9.42. The highest BCUT2D eigenvalue weighted by Gasteiger charge is 2.59. The summed E-state index contributed by atoms with van der Waals surface area (Å²) in [5.74, 6) is 2.86. The number of hydrogen-bond acceptors (Lipinski definition) is 3. The Morgan fingerprint density at radius 2 is 2.04 bits per heavy atom. The Hall–Kier alpha value is 0.310. The van der Waals surface area contributed by atoms with Crippen LogP contribution in [0.4, 0.5) is 0 Å². The Morgan fingerprint density at radius 3 is 2.75 bits per heavy atom. The molecule has 24 heavy (non-hydrogen) atoms. The van der Waals surface area contributed by atoms with Crippen LogP contribution < -0.4 is 10.6 Å². The first-order valence-corrected chi connectivity index (χ1v) is 10.3. The lowest BCUT2D eigenvalue weighted by Crippen LogP contribution is -2.68. The first-order valence-electron chi connectivity index (χ1n) is 9.29. The zero-order chi connectivity index (χ0) is 16.4. The second kappa shape index (κ2) is 8.80. The molecule has 0 spiro atoms. The normalized spacial score (nSPS) is 37.8. The van der Waals surface area contributed by atoms with Crippen molar-refractivity contribution in [2.75, 3.05) is 19.4 Å². The van der Waals surface area contributed by atoms with Crippen molar-refractivity contribution in [2.24, 2.45) is 16.3 Å². The van der Waals surface area contributed by atoms with Crippen LogP contribution in [0.5, 0.6) is 0 Å². The Morgan fingerprint density at radius 1 is 1.25 bits per heavy atom. The summed E-state index contributed by atoms with van der Waals surface area (Å²) in [5, 5.41) is 8.22. The zero-order valence-electron chi connectivity index (χ0n) is 15.5. The average Bonchev–Trinajstić information content (AvgIpc) is 2.99. The molecule has 0 aromatic heterocycles. The van der Waals surface area contributed by atoms with E-state index in [4.69, 9.17) is 4.74 Å². The first kappa shape index (κ1) is 20.6. The third-order valence-corrected chi connectivity index (χ3v) is 7.22. The van der Waals surface area contributed by atoms with Crippen molar-refractivity contribution in [1.29, 1.82) is 0 Å². The molecule has 1 aliphatic heterocycles. The largest absolute Gasteiger partial charge is 0.377 e. The van der Waals surface area contributed by atoms with E-state index in [-0.39, 0.29) is 29.4 Å². The van der Waals surface area contributed by atoms with E-state index in [9.17, 15) is 0 Å². The summed E-state index contributed by atoms with van der Waals surface area (Å²) in [6.45, 7) is 7.82. The highest BCUT2D eigenvalue weighted by atomic mass is 127. The van der Waals surface area contributed by atoms with E-state index in [2.05, 4.69) is 48.2 Å². The minimum Gasteiger partial charge on any atom is -0.377 e. The van der Waals surface area contributed by atoms with Gasteiger partial charge in [0.25, 0.3) is 0 Å². The molecule has 0 bridgehead atoms. The van der Waals surface area contributed by atoms with E-state index >= 15 is 0 Å². The summed E-state index contributed by atoms with van der Waals surface area (Å²) < 4.78 is 5.90. The fourth-order valence-electron chi connectivity index (χ4n) is 4.79. The van der Waals surface area contributed by atoms with Gasteiger partial charge in [-0.2, -0.15) is 11.8 Å². The smallest absolute Gasteiger partial charge is 0.191 e. The van der Waals surface area contributed by atoms with Gasteiger partial charge < -0.3 is 15.4 Å². The van der Waals surface area contributed by atoms with Crippen LogP contribution in [-0.2, 0) is 4.74 Å². The molecule has 3 aliphatic rings. The summed E-state index contributed by atoms with van der Waals surface area (Å²) in [6.07, 6.45) is 6.85. The van der Waals surface area contributed by atoms with Gasteiger partial charge in [0.15, 0.2) is 5.96 Å². The molecule has 0 aromatic carbocycles. The monoisotopic (exact) mass is 467 g/mol. The molecule has 5 atom stereocenters. The molecule has 3 fully saturated rings. The van der Waals surface area contributed by atoms with E-state index in [1.165, 1.54) is 37.9 Å². The molecule has 1 saturated heterocycles. The van der Waals surface area contributed by atoms with Gasteiger partial charge in [-0.3, -0.25) is 4.99 Å². The Kier molecular flexibility index (Phi) is 7.56. The molecule has 3 rings (SSSR count). The maximum atomic E-state index is 5.90. The lowest BCUT2D eigenvalue weighted by Gasteiger charge is -2.55. The molecule has 6 heteroatoms. The highest BCUT2D eigenvalue weighted by molar-refractivity contribution is 14.0. The van der Waals surface area contributed by atoms with E-state index in [0.29, 0.717) is 24.1 Å². The van der Waals surface area contributed by atoms with Gasteiger partial charge in [-0.25, -0.2) is 0 Å². The molecule has 2 saturated carbocycles. The van der Waals surface area contributed by atoms with Crippen molar-refractivity contribution in [1.82, 2.24) is 10.6 Å². The number of aliphatic imine (C=N–C) groups is 1. The van der Waals surface area contributed by atoms with Crippen LogP contribution in [-0.4, -0.2) is 48.8 Å². The fourth-order valence-corrected chi connectivity index (χ4v) is 5.96. The molecular weight excluding hydrogens is 433 g/mol. The standard InChI is InChI=1S/C18H33N3OS.HI/c1-5-23-13-8-6-7-12(11-13)20-17(19-4)21-15-14-9-10-22-16(14)18(15,2)3;/h12-16H,5-11H2,1-4H3,(H2,19,20,21);1H. The molecule has 4 nitrogen and oxygen atoms in total. The van der Waals surface area contributed by atoms with Gasteiger partial charge in [0, 0.05) is 42.3 Å². The fraction of sp³-hybridized carbons (Fsp3) is 0.944. The third-order valence-electron chi connectivity index (χ3n) is 5.99. The van der Waals surface area contributed by atoms with E-state index < -0.39 is 0 Å². The van der Waals surface area contributed by atoms with Crippen molar-refractivity contribution >= 4 is 41.7 Å². The maximum Gasteiger partial charge on any atom is 0.191 e. The van der Waals surface area contributed by atoms with Crippen LogP contribution in [0.1, 0.15) is 52.9 Å². The van der Waals surface area contributed by atoms with Gasteiger partial charge in [-0.05, 0) is 31.4 Å². The number of rotatable bonds is 4. The van der Waals surface area contributed by atoms with Crippen LogP contribution in [0.15, 0.2) is 4.99 Å². The molecule has 0 radical (unpaired) electrons. The summed E-state index contributed by atoms with van der Waals surface area (Å²) in [6, 6.07) is 1.04. The van der Waals surface area contributed by atoms with Gasteiger partial charge in [-0.15, -0.1) is 24.0 Å². The number of nitrogens with zero attached hydrogens (tertiary/aromatic N) is 1. The molecule has 2 N–H and O–H groups in total. The number of ether oxygens (including phenoxy) is 1. The summed E-state index contributed by atoms with van der Waals surface area (Å²) in [4.78, 5) is 4.50. The molecule has 140 valence electrons. The van der Waals surface area contributed by atoms with Gasteiger partial charge in [-0.1, -0.05) is 27.2 Å².